The summed E-state index contributed by atoms with van der Waals surface area (Å²) in [5.74, 6) is 0. The van der Waals surface area contributed by atoms with Crippen molar-refractivity contribution in [2.75, 3.05) is 4.90 Å². The van der Waals surface area contributed by atoms with Gasteiger partial charge < -0.3 is 9.47 Å². The molecule has 0 amide bonds. The third-order valence-corrected chi connectivity index (χ3v) is 15.0. The fraction of sp³-hybridized carbons (Fsp3) is 0.0476. The maximum absolute atomic E-state index is 2.53. The van der Waals surface area contributed by atoms with E-state index in [1.807, 2.05) is 0 Å². The highest BCUT2D eigenvalue weighted by Crippen LogP contribution is 2.71. The number of aromatic nitrogens is 1. The molecule has 66 heavy (non-hydrogen) atoms. The van der Waals surface area contributed by atoms with E-state index < -0.39 is 0 Å². The maximum atomic E-state index is 2.53. The van der Waals surface area contributed by atoms with Crippen LogP contribution in [0.1, 0.15) is 25.0 Å². The van der Waals surface area contributed by atoms with Gasteiger partial charge in [-0.1, -0.05) is 147 Å². The quantitative estimate of drug-likeness (QED) is 0.157. The van der Waals surface area contributed by atoms with Gasteiger partial charge in [0.1, 0.15) is 5.69 Å². The molecule has 3 nitrogen and oxygen atoms in total. The third kappa shape index (κ3) is 4.90. The number of hydrogen-bond acceptors (Lipinski definition) is 1. The van der Waals surface area contributed by atoms with E-state index in [9.17, 15) is 0 Å². The lowest BCUT2D eigenvalue weighted by molar-refractivity contribution is 0.660. The van der Waals surface area contributed by atoms with Gasteiger partial charge in [-0.15, -0.1) is 0 Å². The fourth-order valence-corrected chi connectivity index (χ4v) is 12.1. The Hall–Kier alpha value is -8.24. The first-order valence-electron chi connectivity index (χ1n) is 23.1. The van der Waals surface area contributed by atoms with Crippen molar-refractivity contribution in [3.8, 4) is 50.2 Å². The molecule has 0 N–H and O–H groups in total. The molecular formula is C63H44N3+. The summed E-state index contributed by atoms with van der Waals surface area (Å²) in [6.07, 6.45) is 0. The van der Waals surface area contributed by atoms with Crippen molar-refractivity contribution in [1.82, 2.24) is 9.05 Å². The van der Waals surface area contributed by atoms with E-state index in [4.69, 9.17) is 0 Å². The minimum Gasteiger partial charge on any atom is -0.309 e. The van der Waals surface area contributed by atoms with Crippen LogP contribution in [0.15, 0.2) is 231 Å². The summed E-state index contributed by atoms with van der Waals surface area (Å²) in [6.45, 7) is 4.75. The highest BCUT2D eigenvalue weighted by Gasteiger charge is 2.55. The molecule has 3 heterocycles. The first-order valence-corrected chi connectivity index (χ1v) is 23.1. The smallest absolute Gasteiger partial charge is 0.180 e. The highest BCUT2D eigenvalue weighted by atomic mass is 15.4. The molecule has 0 saturated carbocycles. The van der Waals surface area contributed by atoms with E-state index >= 15 is 0 Å². The van der Waals surface area contributed by atoms with Crippen molar-refractivity contribution in [1.29, 1.82) is 0 Å². The van der Waals surface area contributed by atoms with Crippen LogP contribution in [0.4, 0.5) is 39.8 Å². The Bertz CT molecular complexity index is 3680. The minimum absolute atomic E-state index is 0.154. The Morgan fingerprint density at radius 2 is 0.848 bits per heavy atom. The second-order valence-corrected chi connectivity index (χ2v) is 18.6. The van der Waals surface area contributed by atoms with Crippen molar-refractivity contribution in [2.24, 2.45) is 0 Å². The molecule has 3 heteroatoms. The lowest BCUT2D eigenvalue weighted by Crippen LogP contribution is -2.30. The van der Waals surface area contributed by atoms with E-state index in [2.05, 4.69) is 254 Å². The molecule has 1 aromatic heterocycles. The molecule has 14 rings (SSSR count). The van der Waals surface area contributed by atoms with Gasteiger partial charge in [-0.3, -0.25) is 0 Å². The molecule has 3 aliphatic rings. The summed E-state index contributed by atoms with van der Waals surface area (Å²) in [5, 5.41) is 2.54. The van der Waals surface area contributed by atoms with Crippen LogP contribution in [-0.2, 0) is 5.41 Å². The molecule has 0 radical (unpaired) electrons. The zero-order chi connectivity index (χ0) is 43.7. The Kier molecular flexibility index (Phi) is 7.68. The fourth-order valence-electron chi connectivity index (χ4n) is 12.1. The molecular weight excluding hydrogens is 799 g/mol. The lowest BCUT2D eigenvalue weighted by Gasteiger charge is -2.36. The van der Waals surface area contributed by atoms with Crippen molar-refractivity contribution in [2.45, 2.75) is 19.3 Å². The molecule has 1 spiro atoms. The first-order chi connectivity index (χ1) is 32.5. The second kappa shape index (κ2) is 13.6. The van der Waals surface area contributed by atoms with Gasteiger partial charge in [0.25, 0.3) is 0 Å². The van der Waals surface area contributed by atoms with E-state index in [0.717, 1.165) is 22.7 Å². The highest BCUT2D eigenvalue weighted by molar-refractivity contribution is 6.15. The number of anilines is 3. The molecule has 310 valence electrons. The standard InChI is InChI=1S/C63H44N3/c1-63(2)54-23-9-3-16-46(54)47-39-38-45(40-55(47)63)64(43-34-30-41(31-35-43)42-32-36-44(37-33-42)65-56-24-10-4-17-48(56)49-18-5-11-25-57(49)65)58-26-15-22-53-52-21-8-14-29-61(52)66(62(53)58)59-27-12-6-19-50(59)51-20-7-13-28-60(51)66/h3-40H,1-2H3/q+1. The average molecular weight is 843 g/mol. The first kappa shape index (κ1) is 37.2. The molecule has 1 aliphatic carbocycles. The second-order valence-electron chi connectivity index (χ2n) is 18.6. The minimum atomic E-state index is -0.154. The van der Waals surface area contributed by atoms with Gasteiger partial charge in [0.15, 0.2) is 22.7 Å². The SMILES string of the molecule is CC1(C)c2ccccc2-c2ccc(N(c3ccc(-c4ccc(-n5c6ccccc6c6ccccc65)cc4)cc3)c3cccc4c3[N+]3(c5ccccc5-c5ccccc53)c3ccccc3-4)cc21. The van der Waals surface area contributed by atoms with Crippen molar-refractivity contribution >= 4 is 61.6 Å². The summed E-state index contributed by atoms with van der Waals surface area (Å²) < 4.78 is 2.91. The van der Waals surface area contributed by atoms with Crippen LogP contribution in [0.3, 0.4) is 0 Å². The molecule has 0 bridgehead atoms. The number of para-hydroxylation sites is 6. The number of nitrogens with zero attached hydrogens (tertiary/aromatic N) is 3. The van der Waals surface area contributed by atoms with Crippen LogP contribution in [0.2, 0.25) is 0 Å². The van der Waals surface area contributed by atoms with Gasteiger partial charge in [0.05, 0.1) is 33.3 Å². The largest absolute Gasteiger partial charge is 0.309 e. The lowest BCUT2D eigenvalue weighted by atomic mass is 9.82. The predicted octanol–water partition coefficient (Wildman–Crippen LogP) is 17.5. The normalized spacial score (nSPS) is 14.2. The molecule has 10 aromatic carbocycles. The third-order valence-electron chi connectivity index (χ3n) is 15.0. The van der Waals surface area contributed by atoms with Crippen LogP contribution in [0.25, 0.3) is 72.0 Å². The number of quaternary nitrogens is 1. The molecule has 0 fully saturated rings. The number of benzene rings is 10. The Labute approximate surface area is 384 Å². The zero-order valence-corrected chi connectivity index (χ0v) is 36.8. The zero-order valence-electron chi connectivity index (χ0n) is 36.8. The van der Waals surface area contributed by atoms with E-state index in [-0.39, 0.29) is 5.41 Å². The van der Waals surface area contributed by atoms with Crippen molar-refractivity contribution < 1.29 is 0 Å². The van der Waals surface area contributed by atoms with Crippen molar-refractivity contribution in [3.63, 3.8) is 0 Å². The van der Waals surface area contributed by atoms with Gasteiger partial charge in [-0.25, -0.2) is 0 Å². The Morgan fingerprint density at radius 3 is 1.47 bits per heavy atom. The van der Waals surface area contributed by atoms with E-state index in [1.165, 1.54) is 100 Å². The number of rotatable bonds is 5. The summed E-state index contributed by atoms with van der Waals surface area (Å²) in [4.78, 5) is 2.53. The Balaban J connectivity index is 0.957. The van der Waals surface area contributed by atoms with Crippen LogP contribution >= 0.6 is 0 Å². The Morgan fingerprint density at radius 1 is 0.379 bits per heavy atom. The molecule has 2 aliphatic heterocycles. The van der Waals surface area contributed by atoms with Gasteiger partial charge in [0, 0.05) is 51.4 Å². The summed E-state index contributed by atoms with van der Waals surface area (Å²) >= 11 is 0. The monoisotopic (exact) mass is 842 g/mol. The van der Waals surface area contributed by atoms with Crippen LogP contribution in [0, 0.1) is 0 Å². The predicted molar refractivity (Wildman–Crippen MR) is 277 cm³/mol. The molecule has 11 aromatic rings. The summed E-state index contributed by atoms with van der Waals surface area (Å²) in [5.41, 5.74) is 24.8. The van der Waals surface area contributed by atoms with E-state index in [0.29, 0.717) is 4.48 Å². The molecule has 0 atom stereocenters. The number of fused-ring (bicyclic) bond motifs is 16. The number of hydrogen-bond donors (Lipinski definition) is 0. The molecule has 0 saturated heterocycles. The average Bonchev–Trinajstić information content (AvgIpc) is 4.05. The summed E-state index contributed by atoms with van der Waals surface area (Å²) in [6, 6.07) is 85.9. The van der Waals surface area contributed by atoms with Crippen LogP contribution < -0.4 is 9.38 Å². The van der Waals surface area contributed by atoms with Crippen LogP contribution in [0.5, 0.6) is 0 Å². The van der Waals surface area contributed by atoms with Gasteiger partial charge >= 0.3 is 0 Å². The van der Waals surface area contributed by atoms with E-state index in [1.54, 1.807) is 0 Å². The topological polar surface area (TPSA) is 8.17 Å². The van der Waals surface area contributed by atoms with Gasteiger partial charge in [0.2, 0.25) is 0 Å². The van der Waals surface area contributed by atoms with Crippen molar-refractivity contribution in [3.05, 3.63) is 242 Å². The summed E-state index contributed by atoms with van der Waals surface area (Å²) in [7, 11) is 0. The van der Waals surface area contributed by atoms with Crippen LogP contribution in [-0.4, -0.2) is 4.57 Å². The van der Waals surface area contributed by atoms with Gasteiger partial charge in [-0.2, -0.15) is 4.48 Å². The molecule has 0 unspecified atom stereocenters. The van der Waals surface area contributed by atoms with Gasteiger partial charge in [-0.05, 0) is 112 Å². The maximum Gasteiger partial charge on any atom is 0.180 e.